The van der Waals surface area contributed by atoms with Crippen LogP contribution in [0.3, 0.4) is 0 Å². The molecule has 0 saturated carbocycles. The van der Waals surface area contributed by atoms with Crippen molar-refractivity contribution in [3.8, 4) is 11.3 Å². The number of nitrogens with zero attached hydrogens (tertiary/aromatic N) is 3. The van der Waals surface area contributed by atoms with Gasteiger partial charge in [0.1, 0.15) is 0 Å². The zero-order valence-corrected chi connectivity index (χ0v) is 11.1. The molecule has 1 N–H and O–H groups in total. The number of anilines is 1. The normalized spacial score (nSPS) is 10.4. The number of pyridine rings is 1. The number of aromatic nitrogens is 3. The molecule has 2 aromatic heterocycles. The van der Waals surface area contributed by atoms with Gasteiger partial charge in [-0.25, -0.2) is 0 Å². The van der Waals surface area contributed by atoms with Crippen LogP contribution in [-0.4, -0.2) is 21.7 Å². The Morgan fingerprint density at radius 2 is 1.78 bits per heavy atom. The third kappa shape index (κ3) is 2.47. The Hall–Kier alpha value is -1.97. The van der Waals surface area contributed by atoms with E-state index in [0.29, 0.717) is 0 Å². The molecule has 0 radical (unpaired) electrons. The zero-order valence-electron chi connectivity index (χ0n) is 11.1. The van der Waals surface area contributed by atoms with Gasteiger partial charge in [-0.2, -0.15) is 0 Å². The van der Waals surface area contributed by atoms with Gasteiger partial charge < -0.3 is 5.32 Å². The van der Waals surface area contributed by atoms with E-state index in [2.05, 4.69) is 41.3 Å². The van der Waals surface area contributed by atoms with Gasteiger partial charge in [0.2, 0.25) is 0 Å². The molecule has 94 valence electrons. The van der Waals surface area contributed by atoms with Crippen molar-refractivity contribution in [2.75, 3.05) is 11.9 Å². The summed E-state index contributed by atoms with van der Waals surface area (Å²) in [5.41, 5.74) is 4.30. The summed E-state index contributed by atoms with van der Waals surface area (Å²) in [6.07, 6.45) is 4.62. The average molecular weight is 242 g/mol. The van der Waals surface area contributed by atoms with Gasteiger partial charge in [0.25, 0.3) is 0 Å². The third-order valence-electron chi connectivity index (χ3n) is 3.02. The van der Waals surface area contributed by atoms with Crippen molar-refractivity contribution < 1.29 is 0 Å². The van der Waals surface area contributed by atoms with Gasteiger partial charge in [0.05, 0.1) is 5.69 Å². The van der Waals surface area contributed by atoms with Crippen molar-refractivity contribution in [1.29, 1.82) is 0 Å². The van der Waals surface area contributed by atoms with Crippen molar-refractivity contribution in [2.24, 2.45) is 0 Å². The second-order valence-corrected chi connectivity index (χ2v) is 4.31. The van der Waals surface area contributed by atoms with Gasteiger partial charge in [0.15, 0.2) is 5.82 Å². The van der Waals surface area contributed by atoms with E-state index < -0.39 is 0 Å². The summed E-state index contributed by atoms with van der Waals surface area (Å²) in [5.74, 6) is 0.882. The number of nitrogens with one attached hydrogen (secondary N) is 1. The molecule has 0 fully saturated rings. The highest BCUT2D eigenvalue weighted by molar-refractivity contribution is 5.65. The molecule has 18 heavy (non-hydrogen) atoms. The number of hydrogen-bond acceptors (Lipinski definition) is 4. The first-order valence-corrected chi connectivity index (χ1v) is 6.22. The first-order valence-electron chi connectivity index (χ1n) is 6.22. The van der Waals surface area contributed by atoms with Crippen LogP contribution in [0.2, 0.25) is 0 Å². The lowest BCUT2D eigenvalue weighted by atomic mass is 10.0. The Labute approximate surface area is 107 Å². The van der Waals surface area contributed by atoms with E-state index in [9.17, 15) is 0 Å². The fraction of sp³-hybridized carbons (Fsp3) is 0.357. The maximum Gasteiger partial charge on any atom is 0.151 e. The summed E-state index contributed by atoms with van der Waals surface area (Å²) in [6, 6.07) is 3.91. The molecule has 2 rings (SSSR count). The van der Waals surface area contributed by atoms with E-state index in [1.165, 1.54) is 0 Å². The maximum absolute atomic E-state index is 4.32. The fourth-order valence-corrected chi connectivity index (χ4v) is 1.80. The molecule has 0 spiro atoms. The predicted octanol–water partition coefficient (Wildman–Crippen LogP) is 2.98. The van der Waals surface area contributed by atoms with Crippen LogP contribution in [0.25, 0.3) is 11.3 Å². The summed E-state index contributed by atoms with van der Waals surface area (Å²) in [5, 5.41) is 11.9. The highest BCUT2D eigenvalue weighted by Crippen LogP contribution is 2.25. The van der Waals surface area contributed by atoms with Gasteiger partial charge in [-0.15, -0.1) is 10.2 Å². The Kier molecular flexibility index (Phi) is 3.87. The van der Waals surface area contributed by atoms with E-state index in [0.717, 1.165) is 41.2 Å². The Morgan fingerprint density at radius 3 is 2.44 bits per heavy atom. The van der Waals surface area contributed by atoms with Crippen LogP contribution < -0.4 is 5.32 Å². The van der Waals surface area contributed by atoms with Crippen molar-refractivity contribution in [2.45, 2.75) is 27.2 Å². The van der Waals surface area contributed by atoms with Crippen LogP contribution in [0.4, 0.5) is 5.82 Å². The standard InChI is InChI=1S/C14H18N4/c1-4-7-16-14-11(3)10(2)13(17-18-14)12-5-8-15-9-6-12/h5-6,8-9H,4,7H2,1-3H3,(H,16,18). The predicted molar refractivity (Wildman–Crippen MR) is 73.5 cm³/mol. The second kappa shape index (κ2) is 5.58. The summed E-state index contributed by atoms with van der Waals surface area (Å²) in [7, 11) is 0. The van der Waals surface area contributed by atoms with Crippen LogP contribution in [0, 0.1) is 13.8 Å². The third-order valence-corrected chi connectivity index (χ3v) is 3.02. The van der Waals surface area contributed by atoms with Crippen LogP contribution >= 0.6 is 0 Å². The molecule has 0 aromatic carbocycles. The lowest BCUT2D eigenvalue weighted by Crippen LogP contribution is -2.07. The van der Waals surface area contributed by atoms with Gasteiger partial charge >= 0.3 is 0 Å². The summed E-state index contributed by atoms with van der Waals surface area (Å²) in [6.45, 7) is 7.21. The molecule has 2 aromatic rings. The minimum atomic E-state index is 0.882. The van der Waals surface area contributed by atoms with Crippen LogP contribution in [0.5, 0.6) is 0 Å². The Morgan fingerprint density at radius 1 is 1.06 bits per heavy atom. The van der Waals surface area contributed by atoms with E-state index in [1.807, 2.05) is 12.1 Å². The minimum absolute atomic E-state index is 0.882. The lowest BCUT2D eigenvalue weighted by Gasteiger charge is -2.12. The van der Waals surface area contributed by atoms with Gasteiger partial charge in [-0.3, -0.25) is 4.98 Å². The summed E-state index contributed by atoms with van der Waals surface area (Å²) < 4.78 is 0. The van der Waals surface area contributed by atoms with Crippen LogP contribution in [0.1, 0.15) is 24.5 Å². The zero-order chi connectivity index (χ0) is 13.0. The van der Waals surface area contributed by atoms with E-state index >= 15 is 0 Å². The topological polar surface area (TPSA) is 50.7 Å². The molecular formula is C14H18N4. The molecule has 4 heteroatoms. The van der Waals surface area contributed by atoms with E-state index in [4.69, 9.17) is 0 Å². The molecular weight excluding hydrogens is 224 g/mol. The molecule has 0 bridgehead atoms. The monoisotopic (exact) mass is 242 g/mol. The van der Waals surface area contributed by atoms with Crippen molar-refractivity contribution in [1.82, 2.24) is 15.2 Å². The smallest absolute Gasteiger partial charge is 0.151 e. The van der Waals surface area contributed by atoms with Gasteiger partial charge in [-0.1, -0.05) is 6.92 Å². The molecule has 0 saturated heterocycles. The van der Waals surface area contributed by atoms with Crippen LogP contribution in [0.15, 0.2) is 24.5 Å². The molecule has 0 amide bonds. The SMILES string of the molecule is CCCNc1nnc(-c2ccncc2)c(C)c1C. The molecule has 0 aliphatic rings. The average Bonchev–Trinajstić information content (AvgIpc) is 2.41. The summed E-state index contributed by atoms with van der Waals surface area (Å²) >= 11 is 0. The highest BCUT2D eigenvalue weighted by atomic mass is 15.2. The lowest BCUT2D eigenvalue weighted by molar-refractivity contribution is 0.932. The van der Waals surface area contributed by atoms with E-state index in [1.54, 1.807) is 12.4 Å². The highest BCUT2D eigenvalue weighted by Gasteiger charge is 2.10. The van der Waals surface area contributed by atoms with E-state index in [-0.39, 0.29) is 0 Å². The molecule has 0 aliphatic carbocycles. The van der Waals surface area contributed by atoms with Crippen molar-refractivity contribution in [3.05, 3.63) is 35.7 Å². The van der Waals surface area contributed by atoms with Crippen LogP contribution in [-0.2, 0) is 0 Å². The fourth-order valence-electron chi connectivity index (χ4n) is 1.80. The summed E-state index contributed by atoms with van der Waals surface area (Å²) in [4.78, 5) is 4.02. The molecule has 0 unspecified atom stereocenters. The minimum Gasteiger partial charge on any atom is -0.368 e. The largest absolute Gasteiger partial charge is 0.368 e. The Balaban J connectivity index is 2.38. The maximum atomic E-state index is 4.32. The molecule has 0 aliphatic heterocycles. The number of hydrogen-bond donors (Lipinski definition) is 1. The van der Waals surface area contributed by atoms with Crippen molar-refractivity contribution >= 4 is 5.82 Å². The molecule has 0 atom stereocenters. The van der Waals surface area contributed by atoms with Gasteiger partial charge in [0, 0.05) is 24.5 Å². The second-order valence-electron chi connectivity index (χ2n) is 4.31. The first kappa shape index (κ1) is 12.5. The first-order chi connectivity index (χ1) is 8.74. The quantitative estimate of drug-likeness (QED) is 0.895. The molecule has 4 nitrogen and oxygen atoms in total. The van der Waals surface area contributed by atoms with Gasteiger partial charge in [-0.05, 0) is 43.5 Å². The number of rotatable bonds is 4. The van der Waals surface area contributed by atoms with Crippen molar-refractivity contribution in [3.63, 3.8) is 0 Å². The molecule has 2 heterocycles. The Bertz CT molecular complexity index is 523.